The number of hydrogen-bond donors (Lipinski definition) is 1. The molecule has 1 heterocycles. The predicted octanol–water partition coefficient (Wildman–Crippen LogP) is -5.77. The van der Waals surface area contributed by atoms with Gasteiger partial charge in [-0.2, -0.15) is 0 Å². The molecule has 154 valence electrons. The van der Waals surface area contributed by atoms with Crippen molar-refractivity contribution in [1.29, 1.82) is 0 Å². The number of carbonyl (C=O) groups excluding carboxylic acids is 3. The van der Waals surface area contributed by atoms with Gasteiger partial charge in [0.1, 0.15) is 4.90 Å². The SMILES string of the molecule is O=C([O-])c1ccccc1.O=C([O-])c1ccccc1.O=C1NS(=O)(=O)c2ccccc21.[Na+].[Na+]. The Labute approximate surface area is 229 Å². The number of rotatable bonds is 2. The quantitative estimate of drug-likeness (QED) is 0.367. The molecule has 32 heavy (non-hydrogen) atoms. The van der Waals surface area contributed by atoms with E-state index >= 15 is 0 Å². The first-order valence-corrected chi connectivity index (χ1v) is 9.89. The molecule has 0 unspecified atom stereocenters. The van der Waals surface area contributed by atoms with Gasteiger partial charge in [0.05, 0.1) is 17.5 Å². The number of nitrogens with one attached hydrogen (secondary N) is 1. The van der Waals surface area contributed by atoms with Crippen LogP contribution < -0.4 is 74.0 Å². The molecule has 1 aliphatic heterocycles. The van der Waals surface area contributed by atoms with Crippen LogP contribution in [-0.4, -0.2) is 26.3 Å². The Balaban J connectivity index is 0.000000444. The predicted molar refractivity (Wildman–Crippen MR) is 103 cm³/mol. The van der Waals surface area contributed by atoms with Crippen LogP contribution in [0.3, 0.4) is 0 Å². The summed E-state index contributed by atoms with van der Waals surface area (Å²) in [7, 11) is -3.55. The molecule has 4 rings (SSSR count). The minimum absolute atomic E-state index is 0. The van der Waals surface area contributed by atoms with Gasteiger partial charge in [0.2, 0.25) is 0 Å². The standard InChI is InChI=1S/C7H5NO3S.2C7H6O2.2Na/c9-7-5-3-1-2-4-6(5)12(10,11)8-7;2*8-7(9)6-4-2-1-3-5-6;;/h1-4H,(H,8,9);2*1-5H,(H,8,9);;/q;;;2*+1/p-2. The molecule has 3 aromatic rings. The molecule has 0 spiro atoms. The number of fused-ring (bicyclic) bond motifs is 1. The summed E-state index contributed by atoms with van der Waals surface area (Å²) in [5.74, 6) is -2.81. The van der Waals surface area contributed by atoms with E-state index in [0.717, 1.165) is 0 Å². The molecule has 0 saturated carbocycles. The Morgan fingerprint density at radius 3 is 1.38 bits per heavy atom. The van der Waals surface area contributed by atoms with Crippen LogP contribution in [0.2, 0.25) is 0 Å². The zero-order chi connectivity index (χ0) is 22.1. The zero-order valence-electron chi connectivity index (χ0n) is 17.3. The summed E-state index contributed by atoms with van der Waals surface area (Å²) in [6, 6.07) is 22.2. The largest absolute Gasteiger partial charge is 1.00 e. The van der Waals surface area contributed by atoms with E-state index < -0.39 is 27.9 Å². The molecular formula is C21H15NNa2O7S. The zero-order valence-corrected chi connectivity index (χ0v) is 22.2. The third-order valence-corrected chi connectivity index (χ3v) is 5.06. The second-order valence-corrected chi connectivity index (χ2v) is 7.39. The first-order valence-electron chi connectivity index (χ1n) is 8.41. The van der Waals surface area contributed by atoms with Crippen LogP contribution in [0.15, 0.2) is 89.8 Å². The van der Waals surface area contributed by atoms with Crippen molar-refractivity contribution >= 4 is 27.9 Å². The van der Waals surface area contributed by atoms with Crippen LogP contribution in [0.25, 0.3) is 0 Å². The van der Waals surface area contributed by atoms with Gasteiger partial charge < -0.3 is 19.8 Å². The molecule has 0 aliphatic carbocycles. The van der Waals surface area contributed by atoms with Gasteiger partial charge in [0.15, 0.2) is 0 Å². The van der Waals surface area contributed by atoms with Crippen molar-refractivity contribution in [3.63, 3.8) is 0 Å². The summed E-state index contributed by atoms with van der Waals surface area (Å²) in [6.45, 7) is 0. The minimum atomic E-state index is -3.55. The number of benzene rings is 3. The number of carboxylic acid groups (broad SMARTS) is 2. The number of amides is 1. The molecule has 0 bridgehead atoms. The van der Waals surface area contributed by atoms with Crippen molar-refractivity contribution in [2.24, 2.45) is 0 Å². The molecule has 0 aromatic heterocycles. The molecule has 3 aromatic carbocycles. The summed E-state index contributed by atoms with van der Waals surface area (Å²) in [5.41, 5.74) is 0.660. The number of hydrogen-bond acceptors (Lipinski definition) is 7. The fraction of sp³-hybridized carbons (Fsp3) is 0. The number of carboxylic acids is 2. The van der Waals surface area contributed by atoms with Gasteiger partial charge in [-0.25, -0.2) is 13.1 Å². The average Bonchev–Trinajstić information content (AvgIpc) is 2.99. The minimum Gasteiger partial charge on any atom is -0.545 e. The van der Waals surface area contributed by atoms with Crippen molar-refractivity contribution in [3.05, 3.63) is 102 Å². The molecule has 0 fully saturated rings. The fourth-order valence-corrected chi connectivity index (χ4v) is 3.44. The summed E-state index contributed by atoms with van der Waals surface area (Å²) in [4.78, 5) is 31.2. The summed E-state index contributed by atoms with van der Waals surface area (Å²) in [6.07, 6.45) is 0. The number of aromatic carboxylic acids is 2. The van der Waals surface area contributed by atoms with Gasteiger partial charge in [-0.3, -0.25) is 4.79 Å². The van der Waals surface area contributed by atoms with Crippen molar-refractivity contribution in [1.82, 2.24) is 4.72 Å². The third kappa shape index (κ3) is 8.87. The molecule has 0 atom stereocenters. The normalized spacial score (nSPS) is 11.9. The smallest absolute Gasteiger partial charge is 0.545 e. The molecule has 1 N–H and O–H groups in total. The third-order valence-electron chi connectivity index (χ3n) is 3.67. The second kappa shape index (κ2) is 14.2. The summed E-state index contributed by atoms with van der Waals surface area (Å²) in [5, 5.41) is 20.2. The van der Waals surface area contributed by atoms with Gasteiger partial charge in [-0.15, -0.1) is 0 Å². The Morgan fingerprint density at radius 1 is 0.656 bits per heavy atom. The summed E-state index contributed by atoms with van der Waals surface area (Å²) < 4.78 is 24.2. The molecule has 8 nitrogen and oxygen atoms in total. The molecule has 11 heteroatoms. The summed E-state index contributed by atoms with van der Waals surface area (Å²) >= 11 is 0. The number of carbonyl (C=O) groups is 3. The monoisotopic (exact) mass is 471 g/mol. The van der Waals surface area contributed by atoms with Crippen LogP contribution >= 0.6 is 0 Å². The second-order valence-electron chi connectivity index (χ2n) is 5.74. The maximum atomic E-state index is 11.1. The first kappa shape index (κ1) is 30.0. The first-order chi connectivity index (χ1) is 14.2. The Morgan fingerprint density at radius 2 is 1.03 bits per heavy atom. The van der Waals surface area contributed by atoms with Crippen LogP contribution in [-0.2, 0) is 10.0 Å². The molecule has 0 saturated heterocycles. The molecule has 1 amide bonds. The van der Waals surface area contributed by atoms with Gasteiger partial charge in [-0.05, 0) is 23.3 Å². The van der Waals surface area contributed by atoms with Gasteiger partial charge >= 0.3 is 59.1 Å². The topological polar surface area (TPSA) is 143 Å². The van der Waals surface area contributed by atoms with Gasteiger partial charge in [0.25, 0.3) is 15.9 Å². The fourth-order valence-electron chi connectivity index (χ4n) is 2.27. The van der Waals surface area contributed by atoms with E-state index in [2.05, 4.69) is 0 Å². The maximum absolute atomic E-state index is 11.1. The van der Waals surface area contributed by atoms with E-state index in [0.29, 0.717) is 0 Å². The van der Waals surface area contributed by atoms with E-state index in [1.807, 2.05) is 4.72 Å². The van der Waals surface area contributed by atoms with E-state index in [-0.39, 0.29) is 80.7 Å². The van der Waals surface area contributed by atoms with Gasteiger partial charge in [-0.1, -0.05) is 72.8 Å². The Kier molecular flexibility index (Phi) is 13.3. The average molecular weight is 471 g/mol. The van der Waals surface area contributed by atoms with Crippen molar-refractivity contribution in [2.75, 3.05) is 0 Å². The van der Waals surface area contributed by atoms with Gasteiger partial charge in [0, 0.05) is 0 Å². The Hall–Kier alpha value is -1.98. The van der Waals surface area contributed by atoms with Crippen molar-refractivity contribution in [3.8, 4) is 0 Å². The van der Waals surface area contributed by atoms with E-state index in [1.165, 1.54) is 36.4 Å². The number of sulfonamides is 1. The van der Waals surface area contributed by atoms with Crippen LogP contribution in [0.5, 0.6) is 0 Å². The Bertz CT molecular complexity index is 1110. The van der Waals surface area contributed by atoms with Crippen LogP contribution in [0, 0.1) is 0 Å². The van der Waals surface area contributed by atoms with Crippen LogP contribution in [0.4, 0.5) is 0 Å². The van der Waals surface area contributed by atoms with E-state index in [1.54, 1.807) is 48.5 Å². The van der Waals surface area contributed by atoms with Crippen molar-refractivity contribution < 1.29 is 92.1 Å². The van der Waals surface area contributed by atoms with Crippen LogP contribution in [0.1, 0.15) is 31.1 Å². The molecule has 1 aliphatic rings. The maximum Gasteiger partial charge on any atom is 1.00 e. The van der Waals surface area contributed by atoms with E-state index in [9.17, 15) is 33.0 Å². The van der Waals surface area contributed by atoms with E-state index in [4.69, 9.17) is 0 Å². The molecule has 0 radical (unpaired) electrons. The van der Waals surface area contributed by atoms with Crippen molar-refractivity contribution in [2.45, 2.75) is 4.90 Å². The molecular weight excluding hydrogens is 456 g/mol.